The molecule has 0 bridgehead atoms. The van der Waals surface area contributed by atoms with Crippen LogP contribution in [0.5, 0.6) is 0 Å². The molecule has 0 aromatic carbocycles. The number of hydrogen-bond acceptors (Lipinski definition) is 4. The number of aliphatic carboxylic acids is 1. The summed E-state index contributed by atoms with van der Waals surface area (Å²) in [6.45, 7) is 2.66. The van der Waals surface area contributed by atoms with Crippen LogP contribution >= 0.6 is 0 Å². The van der Waals surface area contributed by atoms with E-state index in [-0.39, 0.29) is 0 Å². The third-order valence-corrected chi connectivity index (χ3v) is 2.38. The van der Waals surface area contributed by atoms with E-state index in [9.17, 15) is 9.59 Å². The van der Waals surface area contributed by atoms with E-state index in [2.05, 4.69) is 0 Å². The molecular weight excluding hydrogens is 200 g/mol. The lowest BCUT2D eigenvalue weighted by Crippen LogP contribution is -2.32. The highest BCUT2D eigenvalue weighted by Crippen LogP contribution is 2.22. The minimum Gasteiger partial charge on any atom is -0.479 e. The van der Waals surface area contributed by atoms with E-state index in [1.54, 1.807) is 0 Å². The molecule has 86 valence electrons. The van der Waals surface area contributed by atoms with Gasteiger partial charge in [0.25, 0.3) is 0 Å². The maximum absolute atomic E-state index is 11.5. The van der Waals surface area contributed by atoms with Crippen LogP contribution in [0.25, 0.3) is 0 Å². The van der Waals surface area contributed by atoms with Crippen LogP contribution in [-0.4, -0.2) is 36.4 Å². The van der Waals surface area contributed by atoms with Crippen molar-refractivity contribution in [3.05, 3.63) is 0 Å². The smallest absolute Gasteiger partial charge is 0.333 e. The van der Waals surface area contributed by atoms with Gasteiger partial charge in [-0.2, -0.15) is 0 Å². The molecule has 2 unspecified atom stereocenters. The minimum atomic E-state index is -1.09. The van der Waals surface area contributed by atoms with E-state index in [0.717, 1.165) is 12.8 Å². The van der Waals surface area contributed by atoms with Crippen LogP contribution in [0.4, 0.5) is 0 Å². The predicted molar refractivity (Wildman–Crippen MR) is 51.3 cm³/mol. The first kappa shape index (κ1) is 12.0. The summed E-state index contributed by atoms with van der Waals surface area (Å²) in [6, 6.07) is 0. The normalized spacial score (nSPS) is 25.1. The lowest BCUT2D eigenvalue weighted by molar-refractivity contribution is -0.160. The molecule has 1 N–H and O–H groups in total. The second-order valence-electron chi connectivity index (χ2n) is 3.55. The zero-order chi connectivity index (χ0) is 11.3. The quantitative estimate of drug-likeness (QED) is 0.544. The summed E-state index contributed by atoms with van der Waals surface area (Å²) in [5.74, 6) is -2.18. The standard InChI is InChI=1S/C10H16O5/c1-2-3-5-15-10(13)7-4-6-14-8(7)9(11)12/h7-8H,2-6H2,1H3,(H,11,12). The molecule has 0 aromatic heterocycles. The fourth-order valence-corrected chi connectivity index (χ4v) is 1.50. The first-order valence-corrected chi connectivity index (χ1v) is 5.18. The molecule has 1 fully saturated rings. The lowest BCUT2D eigenvalue weighted by atomic mass is 10.0. The van der Waals surface area contributed by atoms with Crippen molar-refractivity contribution in [3.63, 3.8) is 0 Å². The molecule has 1 rings (SSSR count). The minimum absolute atomic E-state index is 0.310. The van der Waals surface area contributed by atoms with Gasteiger partial charge >= 0.3 is 11.9 Å². The van der Waals surface area contributed by atoms with Crippen LogP contribution in [0.1, 0.15) is 26.2 Å². The van der Waals surface area contributed by atoms with Gasteiger partial charge in [0.2, 0.25) is 0 Å². The van der Waals surface area contributed by atoms with Gasteiger partial charge in [-0.3, -0.25) is 4.79 Å². The van der Waals surface area contributed by atoms with Crippen LogP contribution in [0, 0.1) is 5.92 Å². The second-order valence-corrected chi connectivity index (χ2v) is 3.55. The molecule has 0 radical (unpaired) electrons. The fraction of sp³-hybridized carbons (Fsp3) is 0.800. The molecule has 5 heteroatoms. The lowest BCUT2D eigenvalue weighted by Gasteiger charge is -2.13. The van der Waals surface area contributed by atoms with E-state index >= 15 is 0 Å². The third kappa shape index (κ3) is 3.20. The van der Waals surface area contributed by atoms with Crippen molar-refractivity contribution in [1.29, 1.82) is 0 Å². The number of carboxylic acid groups (broad SMARTS) is 1. The molecule has 0 aliphatic carbocycles. The maximum atomic E-state index is 11.5. The summed E-state index contributed by atoms with van der Waals surface area (Å²) < 4.78 is 9.92. The molecule has 1 aliphatic heterocycles. The number of carboxylic acids is 1. The van der Waals surface area contributed by atoms with Gasteiger partial charge in [-0.05, 0) is 12.8 Å². The van der Waals surface area contributed by atoms with Crippen LogP contribution in [0.15, 0.2) is 0 Å². The van der Waals surface area contributed by atoms with Crippen LogP contribution in [0.3, 0.4) is 0 Å². The summed E-state index contributed by atoms with van der Waals surface area (Å²) >= 11 is 0. The van der Waals surface area contributed by atoms with Crippen LogP contribution in [0.2, 0.25) is 0 Å². The van der Waals surface area contributed by atoms with Gasteiger partial charge in [0.15, 0.2) is 6.10 Å². The summed E-state index contributed by atoms with van der Waals surface area (Å²) in [4.78, 5) is 22.2. The number of esters is 1. The number of carbonyl (C=O) groups excluding carboxylic acids is 1. The number of rotatable bonds is 5. The average molecular weight is 216 g/mol. The highest BCUT2D eigenvalue weighted by molar-refractivity contribution is 5.83. The Morgan fingerprint density at radius 2 is 2.27 bits per heavy atom. The Balaban J connectivity index is 2.40. The molecule has 1 heterocycles. The summed E-state index contributed by atoms with van der Waals surface area (Å²) in [5, 5.41) is 8.77. The fourth-order valence-electron chi connectivity index (χ4n) is 1.50. The molecule has 0 saturated carbocycles. The molecule has 5 nitrogen and oxygen atoms in total. The summed E-state index contributed by atoms with van der Waals surface area (Å²) in [6.07, 6.45) is 1.15. The monoisotopic (exact) mass is 216 g/mol. The van der Waals surface area contributed by atoms with Gasteiger partial charge in [-0.25, -0.2) is 4.79 Å². The average Bonchev–Trinajstić information content (AvgIpc) is 2.66. The number of hydrogen-bond donors (Lipinski definition) is 1. The Morgan fingerprint density at radius 1 is 1.53 bits per heavy atom. The Labute approximate surface area is 88.4 Å². The van der Waals surface area contributed by atoms with E-state index in [0.29, 0.717) is 19.6 Å². The van der Waals surface area contributed by atoms with Crippen molar-refractivity contribution in [3.8, 4) is 0 Å². The van der Waals surface area contributed by atoms with Crippen molar-refractivity contribution in [2.75, 3.05) is 13.2 Å². The van der Waals surface area contributed by atoms with Gasteiger partial charge < -0.3 is 14.6 Å². The molecule has 0 spiro atoms. The predicted octanol–water partition coefficient (Wildman–Crippen LogP) is 0.819. The van der Waals surface area contributed by atoms with E-state index in [4.69, 9.17) is 14.6 Å². The van der Waals surface area contributed by atoms with E-state index in [1.165, 1.54) is 0 Å². The zero-order valence-electron chi connectivity index (χ0n) is 8.77. The molecule has 0 aromatic rings. The van der Waals surface area contributed by atoms with Crippen LogP contribution in [-0.2, 0) is 19.1 Å². The Kier molecular flexibility index (Phi) is 4.55. The largest absolute Gasteiger partial charge is 0.479 e. The van der Waals surface area contributed by atoms with Crippen molar-refractivity contribution in [1.82, 2.24) is 0 Å². The van der Waals surface area contributed by atoms with Gasteiger partial charge in [0, 0.05) is 6.61 Å². The molecule has 15 heavy (non-hydrogen) atoms. The Hall–Kier alpha value is -1.10. The van der Waals surface area contributed by atoms with Crippen molar-refractivity contribution in [2.45, 2.75) is 32.3 Å². The van der Waals surface area contributed by atoms with Gasteiger partial charge in [0.05, 0.1) is 12.5 Å². The first-order chi connectivity index (χ1) is 7.16. The van der Waals surface area contributed by atoms with Gasteiger partial charge in [-0.1, -0.05) is 13.3 Å². The molecular formula is C10H16O5. The van der Waals surface area contributed by atoms with Crippen molar-refractivity contribution < 1.29 is 24.2 Å². The number of unbranched alkanes of at least 4 members (excludes halogenated alkanes) is 1. The Morgan fingerprint density at radius 3 is 2.87 bits per heavy atom. The van der Waals surface area contributed by atoms with Gasteiger partial charge in [0.1, 0.15) is 0 Å². The SMILES string of the molecule is CCCCOC(=O)C1CCOC1C(=O)O. The molecule has 1 saturated heterocycles. The van der Waals surface area contributed by atoms with Crippen LogP contribution < -0.4 is 0 Å². The van der Waals surface area contributed by atoms with Crippen molar-refractivity contribution >= 4 is 11.9 Å². The van der Waals surface area contributed by atoms with Gasteiger partial charge in [-0.15, -0.1) is 0 Å². The highest BCUT2D eigenvalue weighted by atomic mass is 16.5. The number of carbonyl (C=O) groups is 2. The molecule has 0 amide bonds. The second kappa shape index (κ2) is 5.70. The maximum Gasteiger partial charge on any atom is 0.333 e. The Bertz CT molecular complexity index is 238. The zero-order valence-corrected chi connectivity index (χ0v) is 8.77. The summed E-state index contributed by atoms with van der Waals surface area (Å²) in [5.41, 5.74) is 0. The van der Waals surface area contributed by atoms with E-state index in [1.807, 2.05) is 6.92 Å². The topological polar surface area (TPSA) is 72.8 Å². The first-order valence-electron chi connectivity index (χ1n) is 5.18. The molecule has 2 atom stereocenters. The van der Waals surface area contributed by atoms with E-state index < -0.39 is 24.0 Å². The third-order valence-electron chi connectivity index (χ3n) is 2.38. The number of ether oxygens (including phenoxy) is 2. The highest BCUT2D eigenvalue weighted by Gasteiger charge is 2.40. The van der Waals surface area contributed by atoms with Crippen molar-refractivity contribution in [2.24, 2.45) is 5.92 Å². The molecule has 1 aliphatic rings. The summed E-state index contributed by atoms with van der Waals surface area (Å²) in [7, 11) is 0.